The van der Waals surface area contributed by atoms with E-state index in [0.29, 0.717) is 11.3 Å². The number of methoxy groups -OCH3 is 1. The minimum absolute atomic E-state index is 0.0500. The second-order valence-electron chi connectivity index (χ2n) is 6.16. The number of hydrogen-bond donors (Lipinski definition) is 2. The molecule has 1 unspecified atom stereocenters. The van der Waals surface area contributed by atoms with E-state index >= 15 is 0 Å². The van der Waals surface area contributed by atoms with Crippen molar-refractivity contribution in [2.45, 2.75) is 25.2 Å². The first-order chi connectivity index (χ1) is 13.0. The van der Waals surface area contributed by atoms with Crippen LogP contribution in [0.4, 0.5) is 13.2 Å². The molecule has 0 saturated carbocycles. The Morgan fingerprint density at radius 2 is 1.71 bits per heavy atom. The minimum Gasteiger partial charge on any atom is -0.497 e. The van der Waals surface area contributed by atoms with Gasteiger partial charge >= 0.3 is 12.3 Å². The largest absolute Gasteiger partial charge is 0.573 e. The van der Waals surface area contributed by atoms with Crippen molar-refractivity contribution in [3.8, 4) is 11.5 Å². The summed E-state index contributed by atoms with van der Waals surface area (Å²) in [4.78, 5) is 23.9. The van der Waals surface area contributed by atoms with Crippen LogP contribution < -0.4 is 14.8 Å². The van der Waals surface area contributed by atoms with Gasteiger partial charge in [0.15, 0.2) is 0 Å². The molecule has 2 rings (SSSR count). The number of benzene rings is 2. The number of alkyl halides is 3. The van der Waals surface area contributed by atoms with Gasteiger partial charge < -0.3 is 19.9 Å². The molecule has 0 radical (unpaired) electrons. The topological polar surface area (TPSA) is 84.9 Å². The number of aliphatic carboxylic acids is 1. The monoisotopic (exact) mass is 397 g/mol. The molecule has 0 saturated heterocycles. The van der Waals surface area contributed by atoms with E-state index in [0.717, 1.165) is 24.3 Å². The summed E-state index contributed by atoms with van der Waals surface area (Å²) >= 11 is 0. The second kappa shape index (κ2) is 8.20. The lowest BCUT2D eigenvalue weighted by Crippen LogP contribution is -2.45. The third-order valence-corrected chi connectivity index (χ3v) is 3.95. The highest BCUT2D eigenvalue weighted by Crippen LogP contribution is 2.29. The number of carboxylic acids is 1. The SMILES string of the molecule is COc1cccc(C(C)(CC(=O)O)NC(=O)c2ccc(OC(F)(F)F)cc2)c1. The van der Waals surface area contributed by atoms with E-state index < -0.39 is 35.9 Å². The van der Waals surface area contributed by atoms with Crippen LogP contribution in [0.15, 0.2) is 48.5 Å². The number of carbonyl (C=O) groups is 2. The number of amides is 1. The number of hydrogen-bond acceptors (Lipinski definition) is 4. The van der Waals surface area contributed by atoms with Crippen LogP contribution in [-0.2, 0) is 10.3 Å². The lowest BCUT2D eigenvalue weighted by molar-refractivity contribution is -0.274. The number of rotatable bonds is 7. The summed E-state index contributed by atoms with van der Waals surface area (Å²) in [6, 6.07) is 10.9. The van der Waals surface area contributed by atoms with Crippen LogP contribution in [0.25, 0.3) is 0 Å². The lowest BCUT2D eigenvalue weighted by atomic mass is 9.88. The highest BCUT2D eigenvalue weighted by molar-refractivity contribution is 5.95. The standard InChI is InChI=1S/C19H18F3NO5/c1-18(11-16(24)25,13-4-3-5-15(10-13)27-2)23-17(26)12-6-8-14(9-7-12)28-19(20,21)22/h3-10H,11H2,1-2H3,(H,23,26)(H,24,25). The Hall–Kier alpha value is -3.23. The van der Waals surface area contributed by atoms with E-state index in [-0.39, 0.29) is 5.56 Å². The van der Waals surface area contributed by atoms with Crippen molar-refractivity contribution in [3.05, 3.63) is 59.7 Å². The Morgan fingerprint density at radius 1 is 1.07 bits per heavy atom. The summed E-state index contributed by atoms with van der Waals surface area (Å²) < 4.78 is 45.6. The molecule has 0 bridgehead atoms. The molecule has 9 heteroatoms. The molecule has 2 N–H and O–H groups in total. The zero-order valence-corrected chi connectivity index (χ0v) is 15.0. The quantitative estimate of drug-likeness (QED) is 0.744. The predicted molar refractivity (Wildman–Crippen MR) is 93.2 cm³/mol. The molecule has 0 spiro atoms. The predicted octanol–water partition coefficient (Wildman–Crippen LogP) is 3.71. The number of carbonyl (C=O) groups excluding carboxylic acids is 1. The molecule has 28 heavy (non-hydrogen) atoms. The van der Waals surface area contributed by atoms with E-state index in [4.69, 9.17) is 4.74 Å². The summed E-state index contributed by atoms with van der Waals surface area (Å²) in [7, 11) is 1.46. The molecule has 2 aromatic carbocycles. The zero-order chi connectivity index (χ0) is 20.9. The van der Waals surface area contributed by atoms with E-state index in [2.05, 4.69) is 10.1 Å². The molecule has 0 aliphatic rings. The average Bonchev–Trinajstić information content (AvgIpc) is 2.60. The third-order valence-electron chi connectivity index (χ3n) is 3.95. The van der Waals surface area contributed by atoms with E-state index in [1.165, 1.54) is 14.0 Å². The molecule has 6 nitrogen and oxygen atoms in total. The van der Waals surface area contributed by atoms with Crippen molar-refractivity contribution in [2.24, 2.45) is 0 Å². The van der Waals surface area contributed by atoms with Crippen molar-refractivity contribution in [1.29, 1.82) is 0 Å². The van der Waals surface area contributed by atoms with Gasteiger partial charge in [0.05, 0.1) is 19.1 Å². The molecule has 0 heterocycles. The van der Waals surface area contributed by atoms with E-state index in [1.807, 2.05) is 0 Å². The van der Waals surface area contributed by atoms with Crippen LogP contribution in [-0.4, -0.2) is 30.5 Å². The Bertz CT molecular complexity index is 851. The zero-order valence-electron chi connectivity index (χ0n) is 15.0. The van der Waals surface area contributed by atoms with Crippen LogP contribution in [0.5, 0.6) is 11.5 Å². The maximum Gasteiger partial charge on any atom is 0.573 e. The molecule has 150 valence electrons. The Labute approximate surface area is 158 Å². The van der Waals surface area contributed by atoms with Gasteiger partial charge in [-0.15, -0.1) is 13.2 Å². The Kier molecular flexibility index (Phi) is 6.17. The van der Waals surface area contributed by atoms with Gasteiger partial charge in [-0.3, -0.25) is 9.59 Å². The molecule has 0 fully saturated rings. The van der Waals surface area contributed by atoms with Crippen LogP contribution in [0.1, 0.15) is 29.3 Å². The highest BCUT2D eigenvalue weighted by atomic mass is 19.4. The second-order valence-corrected chi connectivity index (χ2v) is 6.16. The van der Waals surface area contributed by atoms with Crippen LogP contribution >= 0.6 is 0 Å². The van der Waals surface area contributed by atoms with Crippen molar-refractivity contribution in [3.63, 3.8) is 0 Å². The van der Waals surface area contributed by atoms with Gasteiger partial charge in [0.25, 0.3) is 5.91 Å². The molecular formula is C19H18F3NO5. The lowest BCUT2D eigenvalue weighted by Gasteiger charge is -2.30. The number of ether oxygens (including phenoxy) is 2. The smallest absolute Gasteiger partial charge is 0.497 e. The Morgan fingerprint density at radius 3 is 2.25 bits per heavy atom. The fourth-order valence-electron chi connectivity index (χ4n) is 2.62. The first-order valence-corrected chi connectivity index (χ1v) is 8.07. The van der Waals surface area contributed by atoms with Crippen LogP contribution in [0.3, 0.4) is 0 Å². The summed E-state index contributed by atoms with van der Waals surface area (Å²) in [5, 5.41) is 11.9. The first-order valence-electron chi connectivity index (χ1n) is 8.07. The maximum absolute atomic E-state index is 12.6. The summed E-state index contributed by atoms with van der Waals surface area (Å²) in [6.07, 6.45) is -5.25. The molecule has 1 atom stereocenters. The third kappa shape index (κ3) is 5.63. The molecule has 2 aromatic rings. The molecule has 0 aliphatic heterocycles. The average molecular weight is 397 g/mol. The van der Waals surface area contributed by atoms with Crippen molar-refractivity contribution >= 4 is 11.9 Å². The minimum atomic E-state index is -4.84. The fraction of sp³-hybridized carbons (Fsp3) is 0.263. The van der Waals surface area contributed by atoms with E-state index in [9.17, 15) is 27.9 Å². The molecular weight excluding hydrogens is 379 g/mol. The van der Waals surface area contributed by atoms with Crippen molar-refractivity contribution in [2.75, 3.05) is 7.11 Å². The fourth-order valence-corrected chi connectivity index (χ4v) is 2.62. The van der Waals surface area contributed by atoms with Gasteiger partial charge in [0.1, 0.15) is 11.5 Å². The highest BCUT2D eigenvalue weighted by Gasteiger charge is 2.33. The molecule has 0 aromatic heterocycles. The summed E-state index contributed by atoms with van der Waals surface area (Å²) in [6.45, 7) is 1.54. The van der Waals surface area contributed by atoms with Gasteiger partial charge in [-0.05, 0) is 48.9 Å². The Balaban J connectivity index is 2.26. The number of carboxylic acid groups (broad SMARTS) is 1. The van der Waals surface area contributed by atoms with Gasteiger partial charge in [0, 0.05) is 5.56 Å². The van der Waals surface area contributed by atoms with Gasteiger partial charge in [-0.2, -0.15) is 0 Å². The van der Waals surface area contributed by atoms with Gasteiger partial charge in [-0.25, -0.2) is 0 Å². The van der Waals surface area contributed by atoms with Crippen molar-refractivity contribution in [1.82, 2.24) is 5.32 Å². The van der Waals surface area contributed by atoms with Gasteiger partial charge in [-0.1, -0.05) is 12.1 Å². The summed E-state index contributed by atoms with van der Waals surface area (Å²) in [5.41, 5.74) is -0.729. The van der Waals surface area contributed by atoms with Crippen LogP contribution in [0.2, 0.25) is 0 Å². The normalized spacial score (nSPS) is 13.3. The van der Waals surface area contributed by atoms with Crippen molar-refractivity contribution < 1.29 is 37.3 Å². The first kappa shape index (κ1) is 21.1. The van der Waals surface area contributed by atoms with Gasteiger partial charge in [0.2, 0.25) is 0 Å². The van der Waals surface area contributed by atoms with E-state index in [1.54, 1.807) is 24.3 Å². The summed E-state index contributed by atoms with van der Waals surface area (Å²) in [5.74, 6) is -1.77. The number of nitrogens with one attached hydrogen (secondary N) is 1. The molecule has 1 amide bonds. The van der Waals surface area contributed by atoms with Crippen LogP contribution in [0, 0.1) is 0 Å². The molecule has 0 aliphatic carbocycles. The number of halogens is 3. The maximum atomic E-state index is 12.6.